The zero-order chi connectivity index (χ0) is 25.5. The molecule has 1 fully saturated rings. The van der Waals surface area contributed by atoms with Crippen LogP contribution in [0.2, 0.25) is 5.02 Å². The molecule has 0 bridgehead atoms. The molecule has 1 heterocycles. The van der Waals surface area contributed by atoms with Gasteiger partial charge in [0.25, 0.3) is 0 Å². The van der Waals surface area contributed by atoms with E-state index < -0.39 is 10.0 Å². The van der Waals surface area contributed by atoms with Crippen molar-refractivity contribution in [3.05, 3.63) is 106 Å². The van der Waals surface area contributed by atoms with Gasteiger partial charge in [0.1, 0.15) is 0 Å². The quantitative estimate of drug-likeness (QED) is 0.449. The van der Waals surface area contributed by atoms with Crippen molar-refractivity contribution >= 4 is 45.1 Å². The van der Waals surface area contributed by atoms with Crippen LogP contribution in [0.5, 0.6) is 0 Å². The molecule has 0 radical (unpaired) electrons. The van der Waals surface area contributed by atoms with E-state index in [1.54, 1.807) is 48.5 Å². The van der Waals surface area contributed by atoms with Crippen molar-refractivity contribution in [1.82, 2.24) is 9.21 Å². The number of ketones is 1. The Morgan fingerprint density at radius 3 is 2.19 bits per heavy atom. The molecule has 1 aliphatic heterocycles. The fourth-order valence-electron chi connectivity index (χ4n) is 3.91. The predicted octanol–water partition coefficient (Wildman–Crippen LogP) is 4.13. The SMILES string of the molecule is O=C(CN1CCN(S(=O)(=O)C=Cc2ccccc2)CC1)Nc1ccc(Cl)cc1C(=O)c1ccccc1. The number of carbonyl (C=O) groups excluding carboxylic acids is 2. The maximum atomic E-state index is 13.0. The number of nitrogens with zero attached hydrogens (tertiary/aromatic N) is 2. The molecule has 1 N–H and O–H groups in total. The van der Waals surface area contributed by atoms with Crippen molar-refractivity contribution < 1.29 is 18.0 Å². The van der Waals surface area contributed by atoms with Crippen molar-refractivity contribution in [2.24, 2.45) is 0 Å². The minimum Gasteiger partial charge on any atom is -0.324 e. The molecule has 0 unspecified atom stereocenters. The fraction of sp³-hybridized carbons (Fsp3) is 0.185. The number of benzene rings is 3. The lowest BCUT2D eigenvalue weighted by Crippen LogP contribution is -2.49. The van der Waals surface area contributed by atoms with Gasteiger partial charge in [-0.1, -0.05) is 72.3 Å². The van der Waals surface area contributed by atoms with E-state index >= 15 is 0 Å². The first-order valence-electron chi connectivity index (χ1n) is 11.5. The van der Waals surface area contributed by atoms with Crippen LogP contribution in [-0.2, 0) is 14.8 Å². The van der Waals surface area contributed by atoms with Crippen LogP contribution in [0.4, 0.5) is 5.69 Å². The summed E-state index contributed by atoms with van der Waals surface area (Å²) in [6.45, 7) is 1.49. The molecule has 7 nitrogen and oxygen atoms in total. The second-order valence-electron chi connectivity index (χ2n) is 8.37. The first-order chi connectivity index (χ1) is 17.3. The van der Waals surface area contributed by atoms with Crippen molar-refractivity contribution in [3.8, 4) is 0 Å². The molecule has 0 aromatic heterocycles. The number of halogens is 1. The number of hydrogen-bond acceptors (Lipinski definition) is 5. The molecule has 3 aromatic carbocycles. The standard InChI is InChI=1S/C27H26ClN3O4S/c28-23-11-12-25(24(19-23)27(33)22-9-5-2-6-10-22)29-26(32)20-30-14-16-31(17-15-30)36(34,35)18-13-21-7-3-1-4-8-21/h1-13,18-19H,14-17,20H2,(H,29,32). The number of piperazine rings is 1. The number of amides is 1. The molecule has 1 saturated heterocycles. The zero-order valence-corrected chi connectivity index (χ0v) is 21.1. The van der Waals surface area contributed by atoms with Gasteiger partial charge in [-0.2, -0.15) is 4.31 Å². The second kappa shape index (κ2) is 11.6. The lowest BCUT2D eigenvalue weighted by atomic mass is 10.0. The van der Waals surface area contributed by atoms with Crippen molar-refractivity contribution in [3.63, 3.8) is 0 Å². The van der Waals surface area contributed by atoms with Crippen molar-refractivity contribution in [2.75, 3.05) is 38.0 Å². The molecule has 0 aliphatic carbocycles. The van der Waals surface area contributed by atoms with Crippen LogP contribution in [0.25, 0.3) is 6.08 Å². The highest BCUT2D eigenvalue weighted by molar-refractivity contribution is 7.92. The van der Waals surface area contributed by atoms with E-state index in [2.05, 4.69) is 5.32 Å². The normalized spacial score (nSPS) is 15.1. The molecule has 1 aliphatic rings. The predicted molar refractivity (Wildman–Crippen MR) is 142 cm³/mol. The third-order valence-electron chi connectivity index (χ3n) is 5.83. The van der Waals surface area contributed by atoms with E-state index in [-0.39, 0.29) is 31.3 Å². The van der Waals surface area contributed by atoms with Crippen LogP contribution >= 0.6 is 11.6 Å². The Morgan fingerprint density at radius 2 is 1.53 bits per heavy atom. The summed E-state index contributed by atoms with van der Waals surface area (Å²) in [5.41, 5.74) is 1.99. The van der Waals surface area contributed by atoms with Crippen LogP contribution < -0.4 is 5.32 Å². The van der Waals surface area contributed by atoms with Gasteiger partial charge in [0.15, 0.2) is 5.78 Å². The van der Waals surface area contributed by atoms with E-state index in [4.69, 9.17) is 11.6 Å². The van der Waals surface area contributed by atoms with Crippen LogP contribution in [0, 0.1) is 0 Å². The highest BCUT2D eigenvalue weighted by Gasteiger charge is 2.26. The lowest BCUT2D eigenvalue weighted by molar-refractivity contribution is -0.117. The highest BCUT2D eigenvalue weighted by Crippen LogP contribution is 2.24. The Kier molecular flexibility index (Phi) is 8.32. The van der Waals surface area contributed by atoms with Gasteiger partial charge in [-0.05, 0) is 29.8 Å². The minimum atomic E-state index is -3.55. The van der Waals surface area contributed by atoms with E-state index in [1.165, 1.54) is 9.71 Å². The van der Waals surface area contributed by atoms with E-state index in [0.717, 1.165) is 5.56 Å². The van der Waals surface area contributed by atoms with Gasteiger partial charge in [0, 0.05) is 47.7 Å². The summed E-state index contributed by atoms with van der Waals surface area (Å²) < 4.78 is 26.8. The number of carbonyl (C=O) groups is 2. The number of hydrogen-bond donors (Lipinski definition) is 1. The molecule has 36 heavy (non-hydrogen) atoms. The number of anilines is 1. The highest BCUT2D eigenvalue weighted by atomic mass is 35.5. The van der Waals surface area contributed by atoms with Crippen molar-refractivity contribution in [1.29, 1.82) is 0 Å². The third kappa shape index (κ3) is 6.67. The summed E-state index contributed by atoms with van der Waals surface area (Å²) in [7, 11) is -3.55. The molecular weight excluding hydrogens is 498 g/mol. The van der Waals surface area contributed by atoms with Gasteiger partial charge < -0.3 is 5.32 Å². The Bertz CT molecular complexity index is 1350. The Hall–Kier alpha value is -3.30. The van der Waals surface area contributed by atoms with Crippen molar-refractivity contribution in [2.45, 2.75) is 0 Å². The average Bonchev–Trinajstić information content (AvgIpc) is 2.89. The van der Waals surface area contributed by atoms with Gasteiger partial charge in [0.05, 0.1) is 12.2 Å². The van der Waals surface area contributed by atoms with E-state index in [0.29, 0.717) is 34.9 Å². The van der Waals surface area contributed by atoms with Crippen LogP contribution in [0.1, 0.15) is 21.5 Å². The zero-order valence-electron chi connectivity index (χ0n) is 19.5. The Balaban J connectivity index is 1.35. The van der Waals surface area contributed by atoms with Crippen LogP contribution in [-0.4, -0.2) is 62.0 Å². The summed E-state index contributed by atoms with van der Waals surface area (Å²) in [5.74, 6) is -0.532. The molecule has 0 spiro atoms. The molecule has 1 amide bonds. The first-order valence-corrected chi connectivity index (χ1v) is 13.3. The van der Waals surface area contributed by atoms with Gasteiger partial charge in [-0.25, -0.2) is 8.42 Å². The third-order valence-corrected chi connectivity index (χ3v) is 7.63. The maximum absolute atomic E-state index is 13.0. The Morgan fingerprint density at radius 1 is 0.889 bits per heavy atom. The second-order valence-corrected chi connectivity index (χ2v) is 10.6. The van der Waals surface area contributed by atoms with Gasteiger partial charge >= 0.3 is 0 Å². The molecule has 9 heteroatoms. The molecule has 0 saturated carbocycles. The van der Waals surface area contributed by atoms with E-state index in [1.807, 2.05) is 41.3 Å². The van der Waals surface area contributed by atoms with Crippen LogP contribution in [0.15, 0.2) is 84.3 Å². The molecular formula is C27H26ClN3O4S. The summed E-state index contributed by atoms with van der Waals surface area (Å²) in [6.07, 6.45) is 1.58. The minimum absolute atomic E-state index is 0.0787. The number of nitrogens with one attached hydrogen (secondary N) is 1. The summed E-state index contributed by atoms with van der Waals surface area (Å²) >= 11 is 6.12. The Labute approximate surface area is 216 Å². The summed E-state index contributed by atoms with van der Waals surface area (Å²) in [6, 6.07) is 22.8. The van der Waals surface area contributed by atoms with Gasteiger partial charge in [0.2, 0.25) is 15.9 Å². The average molecular weight is 524 g/mol. The number of rotatable bonds is 8. The van der Waals surface area contributed by atoms with Crippen LogP contribution in [0.3, 0.4) is 0 Å². The summed E-state index contributed by atoms with van der Waals surface area (Å²) in [4.78, 5) is 27.6. The number of sulfonamides is 1. The summed E-state index contributed by atoms with van der Waals surface area (Å²) in [5, 5.41) is 4.43. The fourth-order valence-corrected chi connectivity index (χ4v) is 5.25. The molecule has 3 aromatic rings. The smallest absolute Gasteiger partial charge is 0.238 e. The molecule has 0 atom stereocenters. The maximum Gasteiger partial charge on any atom is 0.238 e. The topological polar surface area (TPSA) is 86.8 Å². The van der Waals surface area contributed by atoms with E-state index in [9.17, 15) is 18.0 Å². The first kappa shape index (κ1) is 25.8. The van der Waals surface area contributed by atoms with Gasteiger partial charge in [-0.3, -0.25) is 14.5 Å². The lowest BCUT2D eigenvalue weighted by Gasteiger charge is -2.32. The molecule has 4 rings (SSSR count). The van der Waals surface area contributed by atoms with Gasteiger partial charge in [-0.15, -0.1) is 0 Å². The monoisotopic (exact) mass is 523 g/mol. The molecule has 186 valence electrons. The largest absolute Gasteiger partial charge is 0.324 e.